The molecule has 0 fully saturated rings. The van der Waals surface area contributed by atoms with Crippen LogP contribution in [-0.2, 0) is 6.42 Å². The highest BCUT2D eigenvalue weighted by molar-refractivity contribution is 5.74. The summed E-state index contributed by atoms with van der Waals surface area (Å²) in [5, 5.41) is 5.85. The summed E-state index contributed by atoms with van der Waals surface area (Å²) < 4.78 is 0. The molecular weight excluding hydrogens is 224 g/mol. The highest BCUT2D eigenvalue weighted by Gasteiger charge is 2.19. The zero-order chi connectivity index (χ0) is 13.4. The minimum atomic E-state index is -0.187. The SMILES string of the molecule is CCCNC(=O)NC(C)(C)CCc1ccccc1. The summed E-state index contributed by atoms with van der Waals surface area (Å²) in [5.74, 6) is 0. The number of rotatable bonds is 6. The quantitative estimate of drug-likeness (QED) is 0.798. The highest BCUT2D eigenvalue weighted by Crippen LogP contribution is 2.13. The van der Waals surface area contributed by atoms with Gasteiger partial charge in [0.05, 0.1) is 0 Å². The van der Waals surface area contributed by atoms with E-state index >= 15 is 0 Å². The number of hydrogen-bond acceptors (Lipinski definition) is 1. The molecule has 0 aliphatic carbocycles. The van der Waals surface area contributed by atoms with Gasteiger partial charge < -0.3 is 10.6 Å². The molecule has 0 heterocycles. The van der Waals surface area contributed by atoms with Gasteiger partial charge in [-0.25, -0.2) is 4.79 Å². The van der Waals surface area contributed by atoms with E-state index in [1.165, 1.54) is 5.56 Å². The van der Waals surface area contributed by atoms with E-state index in [1.807, 2.05) is 25.1 Å². The lowest BCUT2D eigenvalue weighted by Crippen LogP contribution is -2.48. The molecule has 0 aliphatic rings. The summed E-state index contributed by atoms with van der Waals surface area (Å²) in [6.45, 7) is 6.88. The maximum atomic E-state index is 11.6. The van der Waals surface area contributed by atoms with Crippen molar-refractivity contribution in [2.45, 2.75) is 45.6 Å². The molecule has 0 atom stereocenters. The van der Waals surface area contributed by atoms with Gasteiger partial charge in [-0.3, -0.25) is 0 Å². The fourth-order valence-electron chi connectivity index (χ4n) is 1.75. The second-order valence-corrected chi connectivity index (χ2v) is 5.25. The highest BCUT2D eigenvalue weighted by atomic mass is 16.2. The summed E-state index contributed by atoms with van der Waals surface area (Å²) in [7, 11) is 0. The molecule has 0 radical (unpaired) electrons. The van der Waals surface area contributed by atoms with Crippen molar-refractivity contribution in [3.05, 3.63) is 35.9 Å². The first-order valence-corrected chi connectivity index (χ1v) is 6.63. The topological polar surface area (TPSA) is 41.1 Å². The second kappa shape index (κ2) is 7.04. The predicted octanol–water partition coefficient (Wildman–Crippen LogP) is 3.11. The van der Waals surface area contributed by atoms with Crippen molar-refractivity contribution < 1.29 is 4.79 Å². The third-order valence-corrected chi connectivity index (χ3v) is 2.87. The summed E-state index contributed by atoms with van der Waals surface area (Å²) >= 11 is 0. The molecule has 0 aliphatic heterocycles. The Morgan fingerprint density at radius 1 is 1.22 bits per heavy atom. The molecule has 0 saturated heterocycles. The lowest BCUT2D eigenvalue weighted by Gasteiger charge is -2.26. The summed E-state index contributed by atoms with van der Waals surface area (Å²) in [6.07, 6.45) is 2.86. The smallest absolute Gasteiger partial charge is 0.315 e. The minimum Gasteiger partial charge on any atom is -0.338 e. The number of aryl methyl sites for hydroxylation is 1. The van der Waals surface area contributed by atoms with Crippen molar-refractivity contribution in [2.75, 3.05) is 6.54 Å². The molecule has 3 nitrogen and oxygen atoms in total. The summed E-state index contributed by atoms with van der Waals surface area (Å²) in [4.78, 5) is 11.6. The number of benzene rings is 1. The van der Waals surface area contributed by atoms with Gasteiger partial charge in [-0.1, -0.05) is 37.3 Å². The number of carbonyl (C=O) groups is 1. The Kier molecular flexibility index (Phi) is 5.69. The number of carbonyl (C=O) groups excluding carboxylic acids is 1. The molecule has 2 amide bonds. The van der Waals surface area contributed by atoms with Crippen LogP contribution in [0.25, 0.3) is 0 Å². The van der Waals surface area contributed by atoms with Crippen LogP contribution in [0, 0.1) is 0 Å². The molecule has 18 heavy (non-hydrogen) atoms. The van der Waals surface area contributed by atoms with Crippen LogP contribution in [0.1, 0.15) is 39.2 Å². The Hall–Kier alpha value is -1.51. The van der Waals surface area contributed by atoms with Gasteiger partial charge in [-0.05, 0) is 38.7 Å². The van der Waals surface area contributed by atoms with Gasteiger partial charge in [-0.15, -0.1) is 0 Å². The Labute approximate surface area is 110 Å². The van der Waals surface area contributed by atoms with Crippen LogP contribution in [0.3, 0.4) is 0 Å². The zero-order valence-corrected chi connectivity index (χ0v) is 11.6. The molecule has 1 aromatic carbocycles. The standard InChI is InChI=1S/C15H24N2O/c1-4-12-16-14(18)17-15(2,3)11-10-13-8-6-5-7-9-13/h5-9H,4,10-12H2,1-3H3,(H2,16,17,18). The van der Waals surface area contributed by atoms with Gasteiger partial charge in [0.15, 0.2) is 0 Å². The Balaban J connectivity index is 2.37. The van der Waals surface area contributed by atoms with E-state index in [0.29, 0.717) is 0 Å². The van der Waals surface area contributed by atoms with E-state index in [2.05, 4.69) is 36.6 Å². The fourth-order valence-corrected chi connectivity index (χ4v) is 1.75. The van der Waals surface area contributed by atoms with Crippen molar-refractivity contribution in [1.29, 1.82) is 0 Å². The normalized spacial score (nSPS) is 11.1. The molecule has 3 heteroatoms. The van der Waals surface area contributed by atoms with Crippen LogP contribution >= 0.6 is 0 Å². The molecule has 1 aromatic rings. The monoisotopic (exact) mass is 248 g/mol. The van der Waals surface area contributed by atoms with E-state index in [-0.39, 0.29) is 11.6 Å². The number of hydrogen-bond donors (Lipinski definition) is 2. The molecule has 0 aromatic heterocycles. The van der Waals surface area contributed by atoms with Crippen LogP contribution in [-0.4, -0.2) is 18.1 Å². The number of urea groups is 1. The molecule has 2 N–H and O–H groups in total. The molecule has 0 saturated carbocycles. The average molecular weight is 248 g/mol. The van der Waals surface area contributed by atoms with Gasteiger partial charge >= 0.3 is 6.03 Å². The zero-order valence-electron chi connectivity index (χ0n) is 11.6. The number of nitrogens with one attached hydrogen (secondary N) is 2. The predicted molar refractivity (Wildman–Crippen MR) is 75.7 cm³/mol. The molecule has 1 rings (SSSR count). The van der Waals surface area contributed by atoms with E-state index in [4.69, 9.17) is 0 Å². The first-order valence-electron chi connectivity index (χ1n) is 6.63. The third kappa shape index (κ3) is 5.71. The van der Waals surface area contributed by atoms with Gasteiger partial charge in [0, 0.05) is 12.1 Å². The first-order chi connectivity index (χ1) is 8.53. The maximum Gasteiger partial charge on any atom is 0.315 e. The van der Waals surface area contributed by atoms with E-state index in [1.54, 1.807) is 0 Å². The van der Waals surface area contributed by atoms with Crippen LogP contribution in [0.5, 0.6) is 0 Å². The number of amides is 2. The largest absolute Gasteiger partial charge is 0.338 e. The molecule has 0 unspecified atom stereocenters. The van der Waals surface area contributed by atoms with Crippen LogP contribution < -0.4 is 10.6 Å². The average Bonchev–Trinajstić information content (AvgIpc) is 2.35. The van der Waals surface area contributed by atoms with Crippen molar-refractivity contribution in [2.24, 2.45) is 0 Å². The molecular formula is C15H24N2O. The van der Waals surface area contributed by atoms with Gasteiger partial charge in [0.1, 0.15) is 0 Å². The lowest BCUT2D eigenvalue weighted by atomic mass is 9.95. The molecule has 100 valence electrons. The molecule has 0 spiro atoms. The lowest BCUT2D eigenvalue weighted by molar-refractivity contribution is 0.228. The van der Waals surface area contributed by atoms with Gasteiger partial charge in [0.2, 0.25) is 0 Å². The van der Waals surface area contributed by atoms with E-state index in [0.717, 1.165) is 25.8 Å². The van der Waals surface area contributed by atoms with Gasteiger partial charge in [0.25, 0.3) is 0 Å². The summed E-state index contributed by atoms with van der Waals surface area (Å²) in [5.41, 5.74) is 1.12. The van der Waals surface area contributed by atoms with Crippen molar-refractivity contribution in [3.63, 3.8) is 0 Å². The second-order valence-electron chi connectivity index (χ2n) is 5.25. The van der Waals surface area contributed by atoms with Crippen molar-refractivity contribution in [3.8, 4) is 0 Å². The third-order valence-electron chi connectivity index (χ3n) is 2.87. The van der Waals surface area contributed by atoms with E-state index < -0.39 is 0 Å². The van der Waals surface area contributed by atoms with Crippen molar-refractivity contribution >= 4 is 6.03 Å². The molecule has 0 bridgehead atoms. The Morgan fingerprint density at radius 2 is 1.89 bits per heavy atom. The van der Waals surface area contributed by atoms with Crippen LogP contribution in [0.4, 0.5) is 4.79 Å². The Bertz CT molecular complexity index is 360. The van der Waals surface area contributed by atoms with Crippen LogP contribution in [0.2, 0.25) is 0 Å². The van der Waals surface area contributed by atoms with Crippen molar-refractivity contribution in [1.82, 2.24) is 10.6 Å². The first kappa shape index (κ1) is 14.6. The van der Waals surface area contributed by atoms with Crippen LogP contribution in [0.15, 0.2) is 30.3 Å². The maximum absolute atomic E-state index is 11.6. The van der Waals surface area contributed by atoms with E-state index in [9.17, 15) is 4.79 Å². The van der Waals surface area contributed by atoms with Gasteiger partial charge in [-0.2, -0.15) is 0 Å². The Morgan fingerprint density at radius 3 is 2.50 bits per heavy atom. The summed E-state index contributed by atoms with van der Waals surface area (Å²) in [6, 6.07) is 10.3. The fraction of sp³-hybridized carbons (Fsp3) is 0.533. The minimum absolute atomic E-state index is 0.0742.